The van der Waals surface area contributed by atoms with Crippen LogP contribution in [0.3, 0.4) is 0 Å². The number of fused-ring (bicyclic) bond motifs is 3. The molecule has 5 nitrogen and oxygen atoms in total. The summed E-state index contributed by atoms with van der Waals surface area (Å²) in [5.41, 5.74) is 3.52. The summed E-state index contributed by atoms with van der Waals surface area (Å²) in [6.45, 7) is 6.11. The lowest BCUT2D eigenvalue weighted by molar-refractivity contribution is -0.0206. The van der Waals surface area contributed by atoms with Crippen LogP contribution in [0.5, 0.6) is 0 Å². The van der Waals surface area contributed by atoms with Gasteiger partial charge in [-0.2, -0.15) is 0 Å². The molecule has 4 aliphatic heterocycles. The van der Waals surface area contributed by atoms with E-state index in [1.54, 1.807) is 0 Å². The van der Waals surface area contributed by atoms with Crippen molar-refractivity contribution >= 4 is 5.91 Å². The van der Waals surface area contributed by atoms with Crippen LogP contribution in [-0.2, 0) is 13.1 Å². The van der Waals surface area contributed by atoms with Crippen molar-refractivity contribution in [1.82, 2.24) is 20.4 Å². The monoisotopic (exact) mass is 326 g/mol. The van der Waals surface area contributed by atoms with E-state index in [1.807, 2.05) is 0 Å². The molecule has 0 radical (unpaired) electrons. The maximum absolute atomic E-state index is 12.7. The number of benzene rings is 1. The second kappa shape index (κ2) is 5.83. The van der Waals surface area contributed by atoms with Crippen LogP contribution < -0.4 is 10.6 Å². The van der Waals surface area contributed by atoms with Crippen LogP contribution in [0.1, 0.15) is 40.7 Å². The topological polar surface area (TPSA) is 47.6 Å². The Morgan fingerprint density at radius 3 is 2.67 bits per heavy atom. The van der Waals surface area contributed by atoms with Gasteiger partial charge in [-0.1, -0.05) is 12.1 Å². The first-order chi connectivity index (χ1) is 11.8. The quantitative estimate of drug-likeness (QED) is 0.868. The van der Waals surface area contributed by atoms with E-state index in [0.29, 0.717) is 18.1 Å². The molecule has 24 heavy (non-hydrogen) atoms. The molecule has 0 saturated carbocycles. The minimum atomic E-state index is 0.232. The van der Waals surface area contributed by atoms with Crippen molar-refractivity contribution in [1.29, 1.82) is 0 Å². The normalized spacial score (nSPS) is 32.6. The van der Waals surface area contributed by atoms with Crippen LogP contribution in [0.15, 0.2) is 18.2 Å². The molecular weight excluding hydrogens is 300 g/mol. The minimum Gasteiger partial charge on any atom is -0.330 e. The Bertz CT molecular complexity index is 641. The molecule has 0 aromatic heterocycles. The third-order valence-corrected chi connectivity index (χ3v) is 6.32. The molecule has 0 aliphatic carbocycles. The Morgan fingerprint density at radius 1 is 1.08 bits per heavy atom. The van der Waals surface area contributed by atoms with E-state index >= 15 is 0 Å². The fourth-order valence-electron chi connectivity index (χ4n) is 4.92. The number of hydrogen-bond acceptors (Lipinski definition) is 4. The molecule has 4 aliphatic rings. The van der Waals surface area contributed by atoms with Crippen LogP contribution >= 0.6 is 0 Å². The zero-order chi connectivity index (χ0) is 16.1. The van der Waals surface area contributed by atoms with Crippen molar-refractivity contribution < 1.29 is 4.79 Å². The van der Waals surface area contributed by atoms with Crippen LogP contribution in [-0.4, -0.2) is 60.0 Å². The summed E-state index contributed by atoms with van der Waals surface area (Å²) in [6, 6.07) is 8.30. The first-order valence-electron chi connectivity index (χ1n) is 9.39. The van der Waals surface area contributed by atoms with Gasteiger partial charge in [-0.3, -0.25) is 9.69 Å². The van der Waals surface area contributed by atoms with Gasteiger partial charge in [-0.15, -0.1) is 0 Å². The van der Waals surface area contributed by atoms with Crippen molar-refractivity contribution in [2.45, 2.75) is 50.5 Å². The van der Waals surface area contributed by atoms with Crippen molar-refractivity contribution in [3.63, 3.8) is 0 Å². The molecular formula is C19H26N4O. The van der Waals surface area contributed by atoms with Gasteiger partial charge in [0.25, 0.3) is 5.91 Å². The predicted molar refractivity (Wildman–Crippen MR) is 92.8 cm³/mol. The number of piperidine rings is 2. The Morgan fingerprint density at radius 2 is 1.92 bits per heavy atom. The van der Waals surface area contributed by atoms with Gasteiger partial charge in [-0.25, -0.2) is 0 Å². The maximum atomic E-state index is 12.7. The maximum Gasteiger partial charge on any atom is 0.254 e. The fraction of sp³-hybridized carbons (Fsp3) is 0.632. The smallest absolute Gasteiger partial charge is 0.254 e. The molecule has 3 saturated heterocycles. The van der Waals surface area contributed by atoms with Crippen molar-refractivity contribution in [2.24, 2.45) is 0 Å². The van der Waals surface area contributed by atoms with Crippen LogP contribution in [0, 0.1) is 0 Å². The highest BCUT2D eigenvalue weighted by atomic mass is 16.2. The third kappa shape index (κ3) is 2.38. The lowest BCUT2D eigenvalue weighted by Crippen LogP contribution is -2.67. The average molecular weight is 326 g/mol. The van der Waals surface area contributed by atoms with Gasteiger partial charge in [0.05, 0.1) is 0 Å². The van der Waals surface area contributed by atoms with Gasteiger partial charge >= 0.3 is 0 Å². The Balaban J connectivity index is 1.31. The van der Waals surface area contributed by atoms with Gasteiger partial charge in [0.2, 0.25) is 0 Å². The second-order valence-electron chi connectivity index (χ2n) is 7.80. The van der Waals surface area contributed by atoms with E-state index in [1.165, 1.54) is 24.0 Å². The van der Waals surface area contributed by atoms with Crippen LogP contribution in [0.4, 0.5) is 0 Å². The number of carbonyl (C=O) groups is 1. The molecule has 1 amide bonds. The average Bonchev–Trinajstić information content (AvgIpc) is 2.97. The van der Waals surface area contributed by atoms with Gasteiger partial charge in [0.15, 0.2) is 0 Å². The Kier molecular flexibility index (Phi) is 3.61. The van der Waals surface area contributed by atoms with Crippen LogP contribution in [0.2, 0.25) is 0 Å². The summed E-state index contributed by atoms with van der Waals surface area (Å²) in [4.78, 5) is 17.4. The molecule has 0 spiro atoms. The Hall–Kier alpha value is -1.43. The van der Waals surface area contributed by atoms with Crippen LogP contribution in [0.25, 0.3) is 0 Å². The summed E-state index contributed by atoms with van der Waals surface area (Å²) in [5.74, 6) is 0.232. The zero-order valence-corrected chi connectivity index (χ0v) is 14.1. The van der Waals surface area contributed by atoms with E-state index < -0.39 is 0 Å². The van der Waals surface area contributed by atoms with E-state index in [2.05, 4.69) is 38.6 Å². The molecule has 3 atom stereocenters. The lowest BCUT2D eigenvalue weighted by Gasteiger charge is -2.53. The molecule has 128 valence electrons. The standard InChI is InChI=1S/C19H26N4O/c24-19-18-4-3-13(11-22-16-7-17(22)10-21-9-16)6-14(18)12-23(19)15-2-1-5-20-8-15/h3-4,6,15-17,20-21H,1-2,5,7-12H2. The highest BCUT2D eigenvalue weighted by molar-refractivity contribution is 5.98. The summed E-state index contributed by atoms with van der Waals surface area (Å²) in [5, 5.41) is 6.92. The number of piperazine rings is 1. The Labute approximate surface area is 143 Å². The molecule has 3 unspecified atom stereocenters. The first-order valence-corrected chi connectivity index (χ1v) is 9.39. The van der Waals surface area contributed by atoms with Crippen molar-refractivity contribution in [3.05, 3.63) is 34.9 Å². The molecule has 2 bridgehead atoms. The first kappa shape index (κ1) is 14.9. The van der Waals surface area contributed by atoms with E-state index in [4.69, 9.17) is 0 Å². The van der Waals surface area contributed by atoms with E-state index in [-0.39, 0.29) is 5.91 Å². The highest BCUT2D eigenvalue weighted by Crippen LogP contribution is 2.32. The number of nitrogens with one attached hydrogen (secondary N) is 2. The number of hydrogen-bond donors (Lipinski definition) is 2. The summed E-state index contributed by atoms with van der Waals surface area (Å²) in [7, 11) is 0. The summed E-state index contributed by atoms with van der Waals surface area (Å²) >= 11 is 0. The lowest BCUT2D eigenvalue weighted by atomic mass is 9.88. The van der Waals surface area contributed by atoms with Crippen molar-refractivity contribution in [2.75, 3.05) is 26.2 Å². The fourth-order valence-corrected chi connectivity index (χ4v) is 4.92. The largest absolute Gasteiger partial charge is 0.330 e. The molecule has 1 aromatic carbocycles. The third-order valence-electron chi connectivity index (χ3n) is 6.32. The molecule has 5 rings (SSSR count). The number of amides is 1. The zero-order valence-electron chi connectivity index (χ0n) is 14.1. The highest BCUT2D eigenvalue weighted by Gasteiger charge is 2.41. The summed E-state index contributed by atoms with van der Waals surface area (Å²) in [6.07, 6.45) is 3.64. The van der Waals surface area contributed by atoms with Gasteiger partial charge in [0, 0.05) is 56.4 Å². The summed E-state index contributed by atoms with van der Waals surface area (Å²) < 4.78 is 0. The SMILES string of the molecule is O=C1c2ccc(CN3C4CNCC3C4)cc2CN1C1CCCNC1. The predicted octanol–water partition coefficient (Wildman–Crippen LogP) is 0.940. The molecule has 3 fully saturated rings. The van der Waals surface area contributed by atoms with E-state index in [0.717, 1.165) is 51.3 Å². The number of nitrogens with zero attached hydrogens (tertiary/aromatic N) is 2. The molecule has 1 aromatic rings. The van der Waals surface area contributed by atoms with Gasteiger partial charge in [0.1, 0.15) is 0 Å². The van der Waals surface area contributed by atoms with Crippen molar-refractivity contribution in [3.8, 4) is 0 Å². The molecule has 2 N–H and O–H groups in total. The number of carbonyl (C=O) groups excluding carboxylic acids is 1. The molecule has 5 heteroatoms. The van der Waals surface area contributed by atoms with E-state index in [9.17, 15) is 4.79 Å². The molecule has 4 heterocycles. The minimum absolute atomic E-state index is 0.232. The van der Waals surface area contributed by atoms with Gasteiger partial charge < -0.3 is 15.5 Å². The number of rotatable bonds is 3. The van der Waals surface area contributed by atoms with Gasteiger partial charge in [-0.05, 0) is 43.0 Å². The second-order valence-corrected chi connectivity index (χ2v) is 7.80.